The zero-order valence-electron chi connectivity index (χ0n) is 12.4. The monoisotopic (exact) mass is 320 g/mol. The topological polar surface area (TPSA) is 104 Å². The number of carbonyl (C=O) groups is 2. The minimum absolute atomic E-state index is 0.0115. The van der Waals surface area contributed by atoms with Crippen molar-refractivity contribution in [3.63, 3.8) is 0 Å². The molecule has 0 aromatic rings. The Bertz CT molecular complexity index is 463. The van der Waals surface area contributed by atoms with Gasteiger partial charge in [0.2, 0.25) is 0 Å². The maximum Gasteiger partial charge on any atom is 0.323 e. The van der Waals surface area contributed by atoms with Gasteiger partial charge in [-0.1, -0.05) is 26.2 Å². The first-order chi connectivity index (χ1) is 9.85. The lowest BCUT2D eigenvalue weighted by molar-refractivity contribution is -0.138. The average Bonchev–Trinajstić information content (AvgIpc) is 2.75. The lowest BCUT2D eigenvalue weighted by atomic mass is 10.2. The summed E-state index contributed by atoms with van der Waals surface area (Å²) in [6.07, 6.45) is 4.34. The van der Waals surface area contributed by atoms with Crippen LogP contribution in [0.15, 0.2) is 0 Å². The molecule has 1 aliphatic heterocycles. The summed E-state index contributed by atoms with van der Waals surface area (Å²) in [5.74, 6) is -1.28. The number of carboxylic acid groups (broad SMARTS) is 1. The standard InChI is InChI=1S/C13H24N2O5S/c1-2-3-4-5-7-14-13(18)15(9-12(16)17)11-6-8-21(19,20)10-11/h11H,2-10H2,1H3,(H,14,18)(H,16,17). The Morgan fingerprint density at radius 3 is 2.52 bits per heavy atom. The molecule has 1 aliphatic rings. The van der Waals surface area contributed by atoms with Gasteiger partial charge in [0.1, 0.15) is 6.54 Å². The third-order valence-corrected chi connectivity index (χ3v) is 5.27. The van der Waals surface area contributed by atoms with Crippen LogP contribution < -0.4 is 5.32 Å². The number of nitrogens with zero attached hydrogens (tertiary/aromatic N) is 1. The number of rotatable bonds is 8. The molecule has 0 saturated carbocycles. The molecule has 8 heteroatoms. The summed E-state index contributed by atoms with van der Waals surface area (Å²) in [6.45, 7) is 2.10. The number of urea groups is 1. The van der Waals surface area contributed by atoms with Gasteiger partial charge in [-0.2, -0.15) is 0 Å². The highest BCUT2D eigenvalue weighted by atomic mass is 32.2. The van der Waals surface area contributed by atoms with Gasteiger partial charge in [0, 0.05) is 12.6 Å². The van der Waals surface area contributed by atoms with Crippen molar-refractivity contribution in [1.29, 1.82) is 0 Å². The summed E-state index contributed by atoms with van der Waals surface area (Å²) in [6, 6.07) is -1.03. The number of hydrogen-bond acceptors (Lipinski definition) is 4. The summed E-state index contributed by atoms with van der Waals surface area (Å²) in [5, 5.41) is 11.6. The van der Waals surface area contributed by atoms with Crippen LogP contribution in [0, 0.1) is 0 Å². The van der Waals surface area contributed by atoms with Crippen molar-refractivity contribution in [2.45, 2.75) is 45.1 Å². The molecule has 1 fully saturated rings. The van der Waals surface area contributed by atoms with E-state index in [0.717, 1.165) is 30.6 Å². The summed E-state index contributed by atoms with van der Waals surface area (Å²) >= 11 is 0. The second kappa shape index (κ2) is 8.21. The van der Waals surface area contributed by atoms with Crippen LogP contribution >= 0.6 is 0 Å². The SMILES string of the molecule is CCCCCCNC(=O)N(CC(=O)O)C1CCS(=O)(=O)C1. The molecule has 1 saturated heterocycles. The van der Waals surface area contributed by atoms with Crippen LogP contribution in [-0.2, 0) is 14.6 Å². The number of sulfone groups is 1. The molecule has 0 aromatic carbocycles. The van der Waals surface area contributed by atoms with Gasteiger partial charge in [0.05, 0.1) is 11.5 Å². The molecule has 0 aliphatic carbocycles. The summed E-state index contributed by atoms with van der Waals surface area (Å²) < 4.78 is 23.0. The van der Waals surface area contributed by atoms with Crippen LogP contribution in [-0.4, -0.2) is 61.1 Å². The Morgan fingerprint density at radius 2 is 2.00 bits per heavy atom. The quantitative estimate of drug-likeness (QED) is 0.645. The zero-order chi connectivity index (χ0) is 15.9. The van der Waals surface area contributed by atoms with Gasteiger partial charge in [0.25, 0.3) is 0 Å². The van der Waals surface area contributed by atoms with E-state index in [1.807, 2.05) is 0 Å². The van der Waals surface area contributed by atoms with Crippen molar-refractivity contribution in [2.75, 3.05) is 24.6 Å². The fraction of sp³-hybridized carbons (Fsp3) is 0.846. The fourth-order valence-electron chi connectivity index (χ4n) is 2.38. The molecule has 2 N–H and O–H groups in total. The van der Waals surface area contributed by atoms with Crippen molar-refractivity contribution in [1.82, 2.24) is 10.2 Å². The van der Waals surface area contributed by atoms with Crippen LogP contribution in [0.2, 0.25) is 0 Å². The van der Waals surface area contributed by atoms with E-state index in [0.29, 0.717) is 13.0 Å². The van der Waals surface area contributed by atoms with Gasteiger partial charge in [0.15, 0.2) is 9.84 Å². The number of aliphatic carboxylic acids is 1. The molecule has 1 atom stereocenters. The molecule has 0 bridgehead atoms. The van der Waals surface area contributed by atoms with Crippen molar-refractivity contribution in [3.8, 4) is 0 Å². The molecular formula is C13H24N2O5S. The first kappa shape index (κ1) is 17.7. The van der Waals surface area contributed by atoms with E-state index in [9.17, 15) is 18.0 Å². The third kappa shape index (κ3) is 6.33. The van der Waals surface area contributed by atoms with Crippen LogP contribution in [0.4, 0.5) is 4.79 Å². The largest absolute Gasteiger partial charge is 0.480 e. The number of carboxylic acids is 1. The number of amides is 2. The van der Waals surface area contributed by atoms with Crippen LogP contribution in [0.25, 0.3) is 0 Å². The molecule has 21 heavy (non-hydrogen) atoms. The van der Waals surface area contributed by atoms with E-state index in [1.54, 1.807) is 0 Å². The second-order valence-corrected chi connectivity index (χ2v) is 7.60. The Morgan fingerprint density at radius 1 is 1.29 bits per heavy atom. The van der Waals surface area contributed by atoms with E-state index in [1.165, 1.54) is 0 Å². The Balaban J connectivity index is 2.53. The molecule has 2 amide bonds. The highest BCUT2D eigenvalue weighted by Gasteiger charge is 2.35. The highest BCUT2D eigenvalue weighted by Crippen LogP contribution is 2.17. The molecular weight excluding hydrogens is 296 g/mol. The minimum Gasteiger partial charge on any atom is -0.480 e. The number of unbranched alkanes of at least 4 members (excludes halogenated alkanes) is 3. The Labute approximate surface area is 125 Å². The average molecular weight is 320 g/mol. The van der Waals surface area contributed by atoms with E-state index >= 15 is 0 Å². The maximum atomic E-state index is 12.1. The minimum atomic E-state index is -3.16. The van der Waals surface area contributed by atoms with Crippen LogP contribution in [0.1, 0.15) is 39.0 Å². The Hall–Kier alpha value is -1.31. The van der Waals surface area contributed by atoms with Crippen LogP contribution in [0.3, 0.4) is 0 Å². The Kier molecular flexibility index (Phi) is 6.94. The fourth-order valence-corrected chi connectivity index (χ4v) is 4.11. The van der Waals surface area contributed by atoms with E-state index in [-0.39, 0.29) is 11.5 Å². The molecule has 0 aromatic heterocycles. The predicted octanol–water partition coefficient (Wildman–Crippen LogP) is 0.850. The molecule has 0 radical (unpaired) electrons. The van der Waals surface area contributed by atoms with Gasteiger partial charge in [-0.05, 0) is 12.8 Å². The van der Waals surface area contributed by atoms with Crippen LogP contribution in [0.5, 0.6) is 0 Å². The lowest BCUT2D eigenvalue weighted by Gasteiger charge is -2.26. The van der Waals surface area contributed by atoms with Gasteiger partial charge >= 0.3 is 12.0 Å². The molecule has 7 nitrogen and oxygen atoms in total. The summed E-state index contributed by atoms with van der Waals surface area (Å²) in [4.78, 5) is 24.1. The number of nitrogens with one attached hydrogen (secondary N) is 1. The van der Waals surface area contributed by atoms with Gasteiger partial charge < -0.3 is 15.3 Å². The van der Waals surface area contributed by atoms with E-state index in [2.05, 4.69) is 12.2 Å². The van der Waals surface area contributed by atoms with Gasteiger partial charge in [-0.15, -0.1) is 0 Å². The molecule has 1 rings (SSSR count). The first-order valence-electron chi connectivity index (χ1n) is 7.32. The van der Waals surface area contributed by atoms with Gasteiger partial charge in [-0.25, -0.2) is 13.2 Å². The molecule has 1 unspecified atom stereocenters. The summed E-state index contributed by atoms with van der Waals surface area (Å²) in [7, 11) is -3.16. The van der Waals surface area contributed by atoms with E-state index < -0.39 is 34.4 Å². The highest BCUT2D eigenvalue weighted by molar-refractivity contribution is 7.91. The first-order valence-corrected chi connectivity index (χ1v) is 9.14. The van der Waals surface area contributed by atoms with Crippen molar-refractivity contribution in [3.05, 3.63) is 0 Å². The molecule has 122 valence electrons. The van der Waals surface area contributed by atoms with E-state index in [4.69, 9.17) is 5.11 Å². The second-order valence-electron chi connectivity index (χ2n) is 5.37. The molecule has 0 spiro atoms. The lowest BCUT2D eigenvalue weighted by Crippen LogP contribution is -2.49. The smallest absolute Gasteiger partial charge is 0.323 e. The van der Waals surface area contributed by atoms with Gasteiger partial charge in [-0.3, -0.25) is 4.79 Å². The number of carbonyl (C=O) groups excluding carboxylic acids is 1. The number of hydrogen-bond donors (Lipinski definition) is 2. The van der Waals surface area contributed by atoms with Crippen molar-refractivity contribution < 1.29 is 23.1 Å². The maximum absolute atomic E-state index is 12.1. The normalized spacial score (nSPS) is 20.1. The van der Waals surface area contributed by atoms with Crippen molar-refractivity contribution in [2.24, 2.45) is 0 Å². The molecule has 1 heterocycles. The third-order valence-electron chi connectivity index (χ3n) is 3.52. The zero-order valence-corrected chi connectivity index (χ0v) is 13.2. The summed E-state index contributed by atoms with van der Waals surface area (Å²) in [5.41, 5.74) is 0. The van der Waals surface area contributed by atoms with Crippen molar-refractivity contribution >= 4 is 21.8 Å². The predicted molar refractivity (Wildman–Crippen MR) is 78.9 cm³/mol.